The molecular formula is C16H20N2O. The molecule has 0 bridgehead atoms. The van der Waals surface area contributed by atoms with E-state index < -0.39 is 0 Å². The van der Waals surface area contributed by atoms with Gasteiger partial charge in [0.05, 0.1) is 0 Å². The van der Waals surface area contributed by atoms with Gasteiger partial charge in [0.1, 0.15) is 5.69 Å². The first-order valence-corrected chi connectivity index (χ1v) is 7.12. The summed E-state index contributed by atoms with van der Waals surface area (Å²) in [5.74, 6) is 0.0285. The van der Waals surface area contributed by atoms with E-state index in [1.54, 1.807) is 0 Å². The van der Waals surface area contributed by atoms with Gasteiger partial charge in [-0.3, -0.25) is 4.79 Å². The molecule has 3 nitrogen and oxygen atoms in total. The highest BCUT2D eigenvalue weighted by Crippen LogP contribution is 2.19. The fraction of sp³-hybridized carbons (Fsp3) is 0.438. The number of benzene rings is 1. The third-order valence-electron chi connectivity index (χ3n) is 3.96. The molecule has 0 atom stereocenters. The van der Waals surface area contributed by atoms with Gasteiger partial charge in [-0.25, -0.2) is 0 Å². The number of amides is 1. The van der Waals surface area contributed by atoms with Gasteiger partial charge in [-0.05, 0) is 37.5 Å². The summed E-state index contributed by atoms with van der Waals surface area (Å²) in [5.41, 5.74) is 2.91. The zero-order valence-corrected chi connectivity index (χ0v) is 11.3. The first kappa shape index (κ1) is 12.3. The second-order valence-electron chi connectivity index (χ2n) is 5.58. The van der Waals surface area contributed by atoms with Crippen LogP contribution < -0.4 is 5.32 Å². The van der Waals surface area contributed by atoms with Gasteiger partial charge in [0.2, 0.25) is 0 Å². The van der Waals surface area contributed by atoms with Gasteiger partial charge in [0, 0.05) is 16.9 Å². The molecule has 3 rings (SSSR count). The number of nitrogens with one attached hydrogen (secondary N) is 2. The Balaban J connectivity index is 1.77. The Morgan fingerprint density at radius 2 is 2.00 bits per heavy atom. The standard InChI is InChI=1S/C16H20N2O/c1-11-7-8-12-10-15(18-14(12)9-11)16(19)17-13-5-3-2-4-6-13/h7-10,13,18H,2-6H2,1H3,(H,17,19). The molecule has 1 aliphatic rings. The van der Waals surface area contributed by atoms with Crippen LogP contribution in [0.25, 0.3) is 10.9 Å². The van der Waals surface area contributed by atoms with Crippen molar-refractivity contribution < 1.29 is 4.79 Å². The second-order valence-corrected chi connectivity index (χ2v) is 5.58. The molecule has 0 radical (unpaired) electrons. The number of H-pyrrole nitrogens is 1. The predicted molar refractivity (Wildman–Crippen MR) is 77.4 cm³/mol. The average molecular weight is 256 g/mol. The fourth-order valence-electron chi connectivity index (χ4n) is 2.87. The molecular weight excluding hydrogens is 236 g/mol. The van der Waals surface area contributed by atoms with E-state index in [4.69, 9.17) is 0 Å². The average Bonchev–Trinajstić information content (AvgIpc) is 2.83. The highest BCUT2D eigenvalue weighted by atomic mass is 16.1. The van der Waals surface area contributed by atoms with Gasteiger partial charge in [-0.15, -0.1) is 0 Å². The molecule has 0 saturated heterocycles. The Morgan fingerprint density at radius 1 is 1.21 bits per heavy atom. The molecule has 1 aliphatic carbocycles. The van der Waals surface area contributed by atoms with Crippen LogP contribution in [0.15, 0.2) is 24.3 Å². The van der Waals surface area contributed by atoms with Crippen molar-refractivity contribution in [1.82, 2.24) is 10.3 Å². The number of hydrogen-bond acceptors (Lipinski definition) is 1. The summed E-state index contributed by atoms with van der Waals surface area (Å²) in [6.07, 6.45) is 6.00. The second kappa shape index (κ2) is 5.08. The molecule has 0 unspecified atom stereocenters. The maximum Gasteiger partial charge on any atom is 0.267 e. The van der Waals surface area contributed by atoms with Crippen molar-refractivity contribution in [2.45, 2.75) is 45.1 Å². The summed E-state index contributed by atoms with van der Waals surface area (Å²) in [6, 6.07) is 8.49. The topological polar surface area (TPSA) is 44.9 Å². The molecule has 1 amide bonds. The Hall–Kier alpha value is -1.77. The maximum atomic E-state index is 12.2. The lowest BCUT2D eigenvalue weighted by Gasteiger charge is -2.22. The minimum Gasteiger partial charge on any atom is -0.351 e. The molecule has 100 valence electrons. The van der Waals surface area contributed by atoms with E-state index in [0.29, 0.717) is 11.7 Å². The Morgan fingerprint density at radius 3 is 2.79 bits per heavy atom. The van der Waals surface area contributed by atoms with E-state index in [0.717, 1.165) is 23.7 Å². The first-order valence-electron chi connectivity index (χ1n) is 7.12. The van der Waals surface area contributed by atoms with Crippen molar-refractivity contribution in [3.63, 3.8) is 0 Å². The van der Waals surface area contributed by atoms with E-state index in [-0.39, 0.29) is 5.91 Å². The van der Waals surface area contributed by atoms with Crippen molar-refractivity contribution in [3.05, 3.63) is 35.5 Å². The minimum absolute atomic E-state index is 0.0285. The number of aromatic nitrogens is 1. The largest absolute Gasteiger partial charge is 0.351 e. The number of aryl methyl sites for hydroxylation is 1. The Bertz CT molecular complexity index is 594. The van der Waals surface area contributed by atoms with E-state index in [9.17, 15) is 4.79 Å². The molecule has 2 aromatic rings. The SMILES string of the molecule is Cc1ccc2cc(C(=O)NC3CCCCC3)[nH]c2c1. The normalized spacial score (nSPS) is 16.7. The van der Waals surface area contributed by atoms with Gasteiger partial charge in [-0.1, -0.05) is 31.4 Å². The van der Waals surface area contributed by atoms with Gasteiger partial charge < -0.3 is 10.3 Å². The Kier molecular flexibility index (Phi) is 3.28. The number of rotatable bonds is 2. The highest BCUT2D eigenvalue weighted by Gasteiger charge is 2.17. The zero-order valence-electron chi connectivity index (χ0n) is 11.3. The third-order valence-corrected chi connectivity index (χ3v) is 3.96. The maximum absolute atomic E-state index is 12.2. The lowest BCUT2D eigenvalue weighted by Crippen LogP contribution is -2.36. The number of aromatic amines is 1. The third kappa shape index (κ3) is 2.65. The smallest absolute Gasteiger partial charge is 0.267 e. The van der Waals surface area contributed by atoms with Gasteiger partial charge >= 0.3 is 0 Å². The molecule has 1 aromatic heterocycles. The molecule has 3 heteroatoms. The van der Waals surface area contributed by atoms with E-state index in [2.05, 4.69) is 35.4 Å². The van der Waals surface area contributed by atoms with Crippen molar-refractivity contribution >= 4 is 16.8 Å². The van der Waals surface area contributed by atoms with Crippen LogP contribution in [0.2, 0.25) is 0 Å². The summed E-state index contributed by atoms with van der Waals surface area (Å²) in [6.45, 7) is 2.06. The summed E-state index contributed by atoms with van der Waals surface area (Å²) < 4.78 is 0. The van der Waals surface area contributed by atoms with E-state index >= 15 is 0 Å². The van der Waals surface area contributed by atoms with Crippen molar-refractivity contribution in [2.75, 3.05) is 0 Å². The number of carbonyl (C=O) groups excluding carboxylic acids is 1. The summed E-state index contributed by atoms with van der Waals surface area (Å²) >= 11 is 0. The first-order chi connectivity index (χ1) is 9.22. The molecule has 1 aromatic carbocycles. The molecule has 19 heavy (non-hydrogen) atoms. The molecule has 2 N–H and O–H groups in total. The molecule has 1 heterocycles. The van der Waals surface area contributed by atoms with Crippen molar-refractivity contribution in [2.24, 2.45) is 0 Å². The predicted octanol–water partition coefficient (Wildman–Crippen LogP) is 3.54. The summed E-state index contributed by atoms with van der Waals surface area (Å²) in [5, 5.41) is 4.24. The zero-order chi connectivity index (χ0) is 13.2. The lowest BCUT2D eigenvalue weighted by atomic mass is 9.95. The van der Waals surface area contributed by atoms with Gasteiger partial charge in [0.15, 0.2) is 0 Å². The number of carbonyl (C=O) groups is 1. The molecule has 0 spiro atoms. The van der Waals surface area contributed by atoms with Crippen LogP contribution in [0, 0.1) is 6.92 Å². The monoisotopic (exact) mass is 256 g/mol. The highest BCUT2D eigenvalue weighted by molar-refractivity contribution is 5.98. The van der Waals surface area contributed by atoms with Crippen LogP contribution in [0.1, 0.15) is 48.2 Å². The summed E-state index contributed by atoms with van der Waals surface area (Å²) in [4.78, 5) is 15.4. The van der Waals surface area contributed by atoms with Crippen LogP contribution >= 0.6 is 0 Å². The lowest BCUT2D eigenvalue weighted by molar-refractivity contribution is 0.0923. The van der Waals surface area contributed by atoms with Crippen LogP contribution in [0.3, 0.4) is 0 Å². The quantitative estimate of drug-likeness (QED) is 0.848. The van der Waals surface area contributed by atoms with Crippen LogP contribution in [0.5, 0.6) is 0 Å². The van der Waals surface area contributed by atoms with Gasteiger partial charge in [0.25, 0.3) is 5.91 Å². The van der Waals surface area contributed by atoms with Crippen molar-refractivity contribution in [3.8, 4) is 0 Å². The number of fused-ring (bicyclic) bond motifs is 1. The fourth-order valence-corrected chi connectivity index (χ4v) is 2.87. The number of hydrogen-bond donors (Lipinski definition) is 2. The van der Waals surface area contributed by atoms with Crippen molar-refractivity contribution in [1.29, 1.82) is 0 Å². The van der Waals surface area contributed by atoms with Crippen LogP contribution in [-0.4, -0.2) is 16.9 Å². The summed E-state index contributed by atoms with van der Waals surface area (Å²) in [7, 11) is 0. The molecule has 1 fully saturated rings. The van der Waals surface area contributed by atoms with Crippen LogP contribution in [0.4, 0.5) is 0 Å². The van der Waals surface area contributed by atoms with Gasteiger partial charge in [-0.2, -0.15) is 0 Å². The molecule has 1 saturated carbocycles. The minimum atomic E-state index is 0.0285. The van der Waals surface area contributed by atoms with E-state index in [1.807, 2.05) is 6.07 Å². The van der Waals surface area contributed by atoms with Crippen LogP contribution in [-0.2, 0) is 0 Å². The van der Waals surface area contributed by atoms with E-state index in [1.165, 1.54) is 24.8 Å². The Labute approximate surface area is 113 Å². The molecule has 0 aliphatic heterocycles.